The second kappa shape index (κ2) is 8.02. The quantitative estimate of drug-likeness (QED) is 0.843. The van der Waals surface area contributed by atoms with Gasteiger partial charge in [-0.2, -0.15) is 13.2 Å². The molecule has 0 aliphatic rings. The Hall–Kier alpha value is -2.54. The maximum Gasteiger partial charge on any atom is 0.471 e. The number of nitrogens with one attached hydrogen (secondary N) is 2. The zero-order valence-electron chi connectivity index (χ0n) is 12.9. The summed E-state index contributed by atoms with van der Waals surface area (Å²) in [5.74, 6) is -2.29. The minimum absolute atomic E-state index is 0.00627. The van der Waals surface area contributed by atoms with Gasteiger partial charge in [-0.05, 0) is 35.4 Å². The van der Waals surface area contributed by atoms with Crippen LogP contribution in [0.2, 0.25) is 5.02 Å². The van der Waals surface area contributed by atoms with E-state index in [1.807, 2.05) is 0 Å². The predicted octanol–water partition coefficient (Wildman–Crippen LogP) is 3.70. The van der Waals surface area contributed by atoms with E-state index >= 15 is 0 Å². The van der Waals surface area contributed by atoms with E-state index in [0.717, 1.165) is 5.56 Å². The average molecular weight is 371 g/mol. The SMILES string of the molecule is O=C(Cc1ccc(Cl)cc1)NCc1cccc(NC(=O)C(F)(F)F)c1. The van der Waals surface area contributed by atoms with Crippen molar-refractivity contribution in [1.82, 2.24) is 5.32 Å². The molecule has 4 nitrogen and oxygen atoms in total. The highest BCUT2D eigenvalue weighted by Crippen LogP contribution is 2.19. The van der Waals surface area contributed by atoms with Crippen molar-refractivity contribution in [3.8, 4) is 0 Å². The Kier molecular flexibility index (Phi) is 6.03. The molecule has 0 radical (unpaired) electrons. The summed E-state index contributed by atoms with van der Waals surface area (Å²) >= 11 is 5.77. The van der Waals surface area contributed by atoms with Crippen molar-refractivity contribution in [2.24, 2.45) is 0 Å². The van der Waals surface area contributed by atoms with Gasteiger partial charge in [0.1, 0.15) is 0 Å². The first-order chi connectivity index (χ1) is 11.7. The number of carbonyl (C=O) groups is 2. The van der Waals surface area contributed by atoms with Gasteiger partial charge in [0, 0.05) is 17.3 Å². The molecule has 0 aliphatic heterocycles. The summed E-state index contributed by atoms with van der Waals surface area (Å²) in [6, 6.07) is 12.6. The van der Waals surface area contributed by atoms with E-state index in [4.69, 9.17) is 11.6 Å². The van der Waals surface area contributed by atoms with Gasteiger partial charge < -0.3 is 10.6 Å². The molecule has 0 fully saturated rings. The Morgan fingerprint density at radius 3 is 2.32 bits per heavy atom. The summed E-state index contributed by atoms with van der Waals surface area (Å²) in [5, 5.41) is 5.00. The van der Waals surface area contributed by atoms with Crippen LogP contribution >= 0.6 is 11.6 Å². The predicted molar refractivity (Wildman–Crippen MR) is 88.1 cm³/mol. The minimum Gasteiger partial charge on any atom is -0.352 e. The van der Waals surface area contributed by atoms with Gasteiger partial charge in [0.25, 0.3) is 0 Å². The molecule has 2 amide bonds. The molecule has 0 aromatic heterocycles. The number of carbonyl (C=O) groups excluding carboxylic acids is 2. The van der Waals surface area contributed by atoms with Gasteiger partial charge in [-0.25, -0.2) is 0 Å². The van der Waals surface area contributed by atoms with Crippen LogP contribution < -0.4 is 10.6 Å². The lowest BCUT2D eigenvalue weighted by Gasteiger charge is -2.10. The Morgan fingerprint density at radius 2 is 1.68 bits per heavy atom. The number of hydrogen-bond donors (Lipinski definition) is 2. The van der Waals surface area contributed by atoms with Gasteiger partial charge in [0.2, 0.25) is 5.91 Å². The van der Waals surface area contributed by atoms with Crippen molar-refractivity contribution in [2.75, 3.05) is 5.32 Å². The first-order valence-corrected chi connectivity index (χ1v) is 7.60. The van der Waals surface area contributed by atoms with Crippen molar-refractivity contribution < 1.29 is 22.8 Å². The van der Waals surface area contributed by atoms with E-state index < -0.39 is 12.1 Å². The molecule has 0 aliphatic carbocycles. The lowest BCUT2D eigenvalue weighted by atomic mass is 10.1. The molecule has 0 saturated carbocycles. The monoisotopic (exact) mass is 370 g/mol. The first-order valence-electron chi connectivity index (χ1n) is 7.22. The van der Waals surface area contributed by atoms with Crippen molar-refractivity contribution in [1.29, 1.82) is 0 Å². The third kappa shape index (κ3) is 6.11. The van der Waals surface area contributed by atoms with Crippen LogP contribution in [0.3, 0.4) is 0 Å². The molecule has 0 spiro atoms. The molecule has 0 saturated heterocycles. The van der Waals surface area contributed by atoms with Crippen molar-refractivity contribution in [3.63, 3.8) is 0 Å². The number of benzene rings is 2. The number of hydrogen-bond acceptors (Lipinski definition) is 2. The minimum atomic E-state index is -4.96. The third-order valence-corrected chi connectivity index (χ3v) is 3.46. The highest BCUT2D eigenvalue weighted by atomic mass is 35.5. The first kappa shape index (κ1) is 18.8. The molecule has 132 valence electrons. The Bertz CT molecular complexity index is 761. The summed E-state index contributed by atoms with van der Waals surface area (Å²) in [7, 11) is 0. The molecule has 8 heteroatoms. The van der Waals surface area contributed by atoms with E-state index in [1.54, 1.807) is 35.6 Å². The third-order valence-electron chi connectivity index (χ3n) is 3.21. The van der Waals surface area contributed by atoms with Crippen LogP contribution in [0.15, 0.2) is 48.5 Å². The van der Waals surface area contributed by atoms with E-state index in [9.17, 15) is 22.8 Å². The molecule has 2 N–H and O–H groups in total. The highest BCUT2D eigenvalue weighted by Gasteiger charge is 2.38. The summed E-state index contributed by atoms with van der Waals surface area (Å²) in [4.78, 5) is 22.8. The smallest absolute Gasteiger partial charge is 0.352 e. The van der Waals surface area contributed by atoms with Crippen LogP contribution in [0.5, 0.6) is 0 Å². The van der Waals surface area contributed by atoms with Crippen LogP contribution in [-0.2, 0) is 22.6 Å². The topological polar surface area (TPSA) is 58.2 Å². The number of rotatable bonds is 5. The molecule has 0 bridgehead atoms. The fraction of sp³-hybridized carbons (Fsp3) is 0.176. The number of anilines is 1. The Balaban J connectivity index is 1.90. The number of amides is 2. The largest absolute Gasteiger partial charge is 0.471 e. The molecule has 0 atom stereocenters. The van der Waals surface area contributed by atoms with Crippen molar-refractivity contribution in [2.45, 2.75) is 19.1 Å². The van der Waals surface area contributed by atoms with E-state index in [0.29, 0.717) is 10.6 Å². The van der Waals surface area contributed by atoms with Gasteiger partial charge >= 0.3 is 12.1 Å². The molecule has 2 aromatic rings. The van der Waals surface area contributed by atoms with Gasteiger partial charge in [-0.15, -0.1) is 0 Å². The van der Waals surface area contributed by atoms with E-state index in [1.165, 1.54) is 18.2 Å². The zero-order chi connectivity index (χ0) is 18.4. The maximum atomic E-state index is 12.2. The molecular formula is C17H14ClF3N2O2. The van der Waals surface area contributed by atoms with Crippen LogP contribution in [-0.4, -0.2) is 18.0 Å². The average Bonchev–Trinajstić information content (AvgIpc) is 2.55. The van der Waals surface area contributed by atoms with E-state index in [2.05, 4.69) is 5.32 Å². The molecule has 25 heavy (non-hydrogen) atoms. The van der Waals surface area contributed by atoms with E-state index in [-0.39, 0.29) is 24.6 Å². The van der Waals surface area contributed by atoms with Crippen LogP contribution in [0.4, 0.5) is 18.9 Å². The van der Waals surface area contributed by atoms with Crippen molar-refractivity contribution in [3.05, 3.63) is 64.7 Å². The molecule has 2 aromatic carbocycles. The second-order valence-corrected chi connectivity index (χ2v) is 5.67. The Labute approximate surface area is 147 Å². The van der Waals surface area contributed by atoms with Crippen LogP contribution in [0.1, 0.15) is 11.1 Å². The fourth-order valence-electron chi connectivity index (χ4n) is 2.01. The molecule has 0 unspecified atom stereocenters. The molecular weight excluding hydrogens is 357 g/mol. The van der Waals surface area contributed by atoms with Gasteiger partial charge in [0.05, 0.1) is 6.42 Å². The number of alkyl halides is 3. The lowest BCUT2D eigenvalue weighted by molar-refractivity contribution is -0.167. The second-order valence-electron chi connectivity index (χ2n) is 5.23. The van der Waals surface area contributed by atoms with Gasteiger partial charge in [0.15, 0.2) is 0 Å². The molecule has 2 rings (SSSR count). The number of halogens is 4. The lowest BCUT2D eigenvalue weighted by Crippen LogP contribution is -2.30. The maximum absolute atomic E-state index is 12.2. The fourth-order valence-corrected chi connectivity index (χ4v) is 2.14. The summed E-state index contributed by atoms with van der Waals surface area (Å²) in [6.07, 6.45) is -4.80. The molecule has 0 heterocycles. The van der Waals surface area contributed by atoms with Gasteiger partial charge in [-0.1, -0.05) is 35.9 Å². The summed E-state index contributed by atoms with van der Waals surface area (Å²) in [6.45, 7) is 0.127. The van der Waals surface area contributed by atoms with Crippen LogP contribution in [0, 0.1) is 0 Å². The summed E-state index contributed by atoms with van der Waals surface area (Å²) < 4.78 is 36.7. The van der Waals surface area contributed by atoms with Crippen LogP contribution in [0.25, 0.3) is 0 Å². The highest BCUT2D eigenvalue weighted by molar-refractivity contribution is 6.30. The standard InChI is InChI=1S/C17H14ClF3N2O2/c18-13-6-4-11(5-7-13)9-15(24)22-10-12-2-1-3-14(8-12)23-16(25)17(19,20)21/h1-8H,9-10H2,(H,22,24)(H,23,25). The Morgan fingerprint density at radius 1 is 1.00 bits per heavy atom. The van der Waals surface area contributed by atoms with Crippen molar-refractivity contribution >= 4 is 29.1 Å². The zero-order valence-corrected chi connectivity index (χ0v) is 13.6. The summed E-state index contributed by atoms with van der Waals surface area (Å²) in [5.41, 5.74) is 1.35. The van der Waals surface area contributed by atoms with Gasteiger partial charge in [-0.3, -0.25) is 9.59 Å². The normalized spacial score (nSPS) is 11.0.